The van der Waals surface area contributed by atoms with E-state index in [1.165, 1.54) is 29.7 Å². The Morgan fingerprint density at radius 2 is 2.27 bits per heavy atom. The van der Waals surface area contributed by atoms with Crippen molar-refractivity contribution < 1.29 is 18.4 Å². The molecule has 4 aromatic rings. The molecule has 0 aliphatic rings. The van der Waals surface area contributed by atoms with Gasteiger partial charge in [-0.25, -0.2) is 14.4 Å². The van der Waals surface area contributed by atoms with E-state index in [9.17, 15) is 9.59 Å². The summed E-state index contributed by atoms with van der Waals surface area (Å²) in [5.41, 5.74) is 0.524. The van der Waals surface area contributed by atoms with Crippen molar-refractivity contribution in [3.05, 3.63) is 58.5 Å². The first-order valence-corrected chi connectivity index (χ1v) is 8.46. The van der Waals surface area contributed by atoms with Crippen molar-refractivity contribution in [1.29, 1.82) is 0 Å². The molecule has 4 aromatic heterocycles. The molecule has 0 unspecified atom stereocenters. The number of furan rings is 2. The van der Waals surface area contributed by atoms with Gasteiger partial charge in [-0.15, -0.1) is 5.10 Å². The summed E-state index contributed by atoms with van der Waals surface area (Å²) < 4.78 is 16.8. The number of fused-ring (bicyclic) bond motifs is 1. The van der Waals surface area contributed by atoms with Gasteiger partial charge in [0, 0.05) is 6.07 Å². The van der Waals surface area contributed by atoms with Gasteiger partial charge in [0.2, 0.25) is 10.9 Å². The molecule has 4 rings (SSSR count). The summed E-state index contributed by atoms with van der Waals surface area (Å²) in [6, 6.07) is 8.35. The molecule has 0 aliphatic carbocycles. The van der Waals surface area contributed by atoms with Crippen molar-refractivity contribution in [2.75, 3.05) is 7.11 Å². The van der Waals surface area contributed by atoms with Crippen molar-refractivity contribution in [2.45, 2.75) is 10.9 Å². The predicted octanol–water partition coefficient (Wildman–Crippen LogP) is 2.35. The Morgan fingerprint density at radius 3 is 3.04 bits per heavy atom. The van der Waals surface area contributed by atoms with E-state index in [-0.39, 0.29) is 11.3 Å². The van der Waals surface area contributed by atoms with Gasteiger partial charge in [-0.1, -0.05) is 11.8 Å². The Balaban J connectivity index is 1.62. The minimum Gasteiger partial charge on any atom is -0.463 e. The van der Waals surface area contributed by atoms with E-state index >= 15 is 0 Å². The number of aromatic nitrogens is 4. The third-order valence-corrected chi connectivity index (χ3v) is 4.49. The summed E-state index contributed by atoms with van der Waals surface area (Å²) in [6.45, 7) is 0. The minimum atomic E-state index is -0.541. The number of carbonyl (C=O) groups excluding carboxylic acids is 1. The number of nitrogens with one attached hydrogen (secondary N) is 1. The molecule has 4 heterocycles. The maximum absolute atomic E-state index is 12.0. The molecule has 132 valence electrons. The normalized spacial score (nSPS) is 11.1. The standard InChI is InChI=1S/C16H12N4O5S/c1-23-15(22)13-5-4-9(25-13)8-26-16-18-17-14(21)11-7-10(19-20(11)16)12-3-2-6-24-12/h2-7H,8H2,1H3,(H,17,21). The first-order chi connectivity index (χ1) is 12.7. The number of H-pyrrole nitrogens is 1. The lowest BCUT2D eigenvalue weighted by molar-refractivity contribution is 0.0563. The Bertz CT molecular complexity index is 1130. The van der Waals surface area contributed by atoms with Crippen LogP contribution in [0.4, 0.5) is 0 Å². The van der Waals surface area contributed by atoms with Gasteiger partial charge >= 0.3 is 5.97 Å². The molecular formula is C16H12N4O5S. The maximum atomic E-state index is 12.0. The van der Waals surface area contributed by atoms with Gasteiger partial charge in [-0.05, 0) is 24.3 Å². The van der Waals surface area contributed by atoms with Crippen LogP contribution in [-0.2, 0) is 10.5 Å². The molecule has 0 bridgehead atoms. The first-order valence-electron chi connectivity index (χ1n) is 7.48. The van der Waals surface area contributed by atoms with Crippen molar-refractivity contribution >= 4 is 23.2 Å². The van der Waals surface area contributed by atoms with Gasteiger partial charge in [-0.2, -0.15) is 5.10 Å². The quantitative estimate of drug-likeness (QED) is 0.419. The number of hydrogen-bond donors (Lipinski definition) is 1. The van der Waals surface area contributed by atoms with E-state index in [0.717, 1.165) is 0 Å². The summed E-state index contributed by atoms with van der Waals surface area (Å²) in [5, 5.41) is 11.3. The minimum absolute atomic E-state index is 0.127. The lowest BCUT2D eigenvalue weighted by Crippen LogP contribution is -2.13. The Hall–Kier alpha value is -3.27. The van der Waals surface area contributed by atoms with Crippen molar-refractivity contribution in [1.82, 2.24) is 19.8 Å². The zero-order valence-electron chi connectivity index (χ0n) is 13.5. The van der Waals surface area contributed by atoms with Gasteiger partial charge in [-0.3, -0.25) is 4.79 Å². The smallest absolute Gasteiger partial charge is 0.373 e. The van der Waals surface area contributed by atoms with Crippen LogP contribution in [0.3, 0.4) is 0 Å². The molecule has 0 saturated carbocycles. The third kappa shape index (κ3) is 2.90. The number of methoxy groups -OCH3 is 1. The highest BCUT2D eigenvalue weighted by molar-refractivity contribution is 7.98. The summed E-state index contributed by atoms with van der Waals surface area (Å²) in [6.07, 6.45) is 1.54. The second-order valence-corrected chi connectivity index (χ2v) is 6.13. The fraction of sp³-hybridized carbons (Fsp3) is 0.125. The molecule has 0 radical (unpaired) electrons. The van der Waals surface area contributed by atoms with E-state index in [1.54, 1.807) is 30.3 Å². The molecule has 0 saturated heterocycles. The second kappa shape index (κ2) is 6.56. The van der Waals surface area contributed by atoms with Crippen molar-refractivity contribution in [3.8, 4) is 11.5 Å². The topological polar surface area (TPSA) is 116 Å². The molecule has 0 aromatic carbocycles. The van der Waals surface area contributed by atoms with Crippen LogP contribution >= 0.6 is 11.8 Å². The van der Waals surface area contributed by atoms with Crippen LogP contribution in [0.15, 0.2) is 55.4 Å². The number of ether oxygens (including phenoxy) is 1. The Morgan fingerprint density at radius 1 is 1.38 bits per heavy atom. The number of rotatable bonds is 5. The average Bonchev–Trinajstić information content (AvgIpc) is 3.39. The summed E-state index contributed by atoms with van der Waals surface area (Å²) >= 11 is 1.30. The fourth-order valence-electron chi connectivity index (χ4n) is 2.33. The third-order valence-electron chi connectivity index (χ3n) is 3.54. The average molecular weight is 372 g/mol. The lowest BCUT2D eigenvalue weighted by atomic mass is 10.3. The SMILES string of the molecule is COC(=O)c1ccc(CSc2n[nH]c(=O)c3cc(-c4ccco4)nn23)o1. The molecule has 0 spiro atoms. The number of hydrogen-bond acceptors (Lipinski definition) is 8. The van der Waals surface area contributed by atoms with Gasteiger partial charge in [0.15, 0.2) is 5.76 Å². The van der Waals surface area contributed by atoms with Crippen molar-refractivity contribution in [2.24, 2.45) is 0 Å². The number of thioether (sulfide) groups is 1. The van der Waals surface area contributed by atoms with Crippen LogP contribution in [0.25, 0.3) is 17.0 Å². The molecule has 9 nitrogen and oxygen atoms in total. The molecule has 0 atom stereocenters. The van der Waals surface area contributed by atoms with E-state index in [0.29, 0.717) is 33.6 Å². The van der Waals surface area contributed by atoms with Crippen molar-refractivity contribution in [3.63, 3.8) is 0 Å². The summed E-state index contributed by atoms with van der Waals surface area (Å²) in [7, 11) is 1.29. The summed E-state index contributed by atoms with van der Waals surface area (Å²) in [5.74, 6) is 1.09. The lowest BCUT2D eigenvalue weighted by Gasteiger charge is -2.01. The summed E-state index contributed by atoms with van der Waals surface area (Å²) in [4.78, 5) is 23.4. The van der Waals surface area contributed by atoms with E-state index in [1.807, 2.05) is 0 Å². The number of esters is 1. The second-order valence-electron chi connectivity index (χ2n) is 5.19. The van der Waals surface area contributed by atoms with Crippen LogP contribution < -0.4 is 5.56 Å². The highest BCUT2D eigenvalue weighted by Crippen LogP contribution is 2.24. The number of nitrogens with zero attached hydrogens (tertiary/aromatic N) is 3. The van der Waals surface area contributed by atoms with E-state index < -0.39 is 5.97 Å². The molecular weight excluding hydrogens is 360 g/mol. The van der Waals surface area contributed by atoms with Gasteiger partial charge in [0.1, 0.15) is 17.0 Å². The maximum Gasteiger partial charge on any atom is 0.373 e. The van der Waals surface area contributed by atoms with Crippen LogP contribution in [0.5, 0.6) is 0 Å². The fourth-order valence-corrected chi connectivity index (χ4v) is 3.13. The van der Waals surface area contributed by atoms with E-state index in [4.69, 9.17) is 8.83 Å². The number of carbonyl (C=O) groups is 1. The monoisotopic (exact) mass is 372 g/mol. The molecule has 1 N–H and O–H groups in total. The molecule has 10 heteroatoms. The van der Waals surface area contributed by atoms with E-state index in [2.05, 4.69) is 20.0 Å². The van der Waals surface area contributed by atoms with Crippen LogP contribution in [0, 0.1) is 0 Å². The van der Waals surface area contributed by atoms with Gasteiger partial charge < -0.3 is 13.6 Å². The molecule has 26 heavy (non-hydrogen) atoms. The van der Waals surface area contributed by atoms with Crippen LogP contribution in [0.2, 0.25) is 0 Å². The Kier molecular flexibility index (Phi) is 4.09. The largest absolute Gasteiger partial charge is 0.463 e. The van der Waals surface area contributed by atoms with Gasteiger partial charge in [0.05, 0.1) is 19.1 Å². The predicted molar refractivity (Wildman–Crippen MR) is 90.9 cm³/mol. The molecule has 0 aliphatic heterocycles. The van der Waals surface area contributed by atoms with Crippen LogP contribution in [-0.4, -0.2) is 32.9 Å². The molecule has 0 fully saturated rings. The van der Waals surface area contributed by atoms with Crippen LogP contribution in [0.1, 0.15) is 16.3 Å². The zero-order valence-corrected chi connectivity index (χ0v) is 14.3. The highest BCUT2D eigenvalue weighted by atomic mass is 32.2. The molecule has 0 amide bonds. The highest BCUT2D eigenvalue weighted by Gasteiger charge is 2.15. The first kappa shape index (κ1) is 16.2. The Labute approximate surface area is 150 Å². The van der Waals surface area contributed by atoms with Gasteiger partial charge in [0.25, 0.3) is 5.56 Å². The zero-order chi connectivity index (χ0) is 18.1. The number of aromatic amines is 1.